The number of aryl methyl sites for hydroxylation is 1. The van der Waals surface area contributed by atoms with Gasteiger partial charge in [0.2, 0.25) is 0 Å². The van der Waals surface area contributed by atoms with E-state index in [2.05, 4.69) is 0 Å². The van der Waals surface area contributed by atoms with E-state index in [1.54, 1.807) is 42.3 Å². The maximum Gasteiger partial charge on any atom is 0.410 e. The minimum Gasteiger partial charge on any atom is -0.462 e. The number of thiazole rings is 1. The van der Waals surface area contributed by atoms with Crippen molar-refractivity contribution in [2.24, 2.45) is 0 Å². The first-order valence-corrected chi connectivity index (χ1v) is 10.1. The molecule has 0 bridgehead atoms. The van der Waals surface area contributed by atoms with Gasteiger partial charge in [-0.05, 0) is 53.7 Å². The second-order valence-electron chi connectivity index (χ2n) is 7.52. The van der Waals surface area contributed by atoms with Crippen LogP contribution < -0.4 is 0 Å². The Hall–Kier alpha value is -2.41. The summed E-state index contributed by atoms with van der Waals surface area (Å²) in [5.74, 6) is -0.336. The zero-order valence-electron chi connectivity index (χ0n) is 17.5. The summed E-state index contributed by atoms with van der Waals surface area (Å²) in [7, 11) is 1.71. The first kappa shape index (κ1) is 21.9. The Morgan fingerprint density at radius 2 is 1.82 bits per heavy atom. The van der Waals surface area contributed by atoms with Crippen LogP contribution in [0.25, 0.3) is 11.3 Å². The van der Waals surface area contributed by atoms with Crippen LogP contribution in [0.4, 0.5) is 4.79 Å². The second-order valence-corrected chi connectivity index (χ2v) is 8.76. The highest BCUT2D eigenvalue weighted by Gasteiger charge is 2.26. The predicted octanol–water partition coefficient (Wildman–Crippen LogP) is 5.22. The lowest BCUT2D eigenvalue weighted by Crippen LogP contribution is -2.35. The van der Waals surface area contributed by atoms with Gasteiger partial charge < -0.3 is 14.4 Å². The fourth-order valence-corrected chi connectivity index (χ4v) is 3.54. The third kappa shape index (κ3) is 5.32. The minimum absolute atomic E-state index is 0.217. The molecule has 2 aromatic rings. The Morgan fingerprint density at radius 1 is 1.21 bits per heavy atom. The molecule has 0 saturated carbocycles. The van der Waals surface area contributed by atoms with Gasteiger partial charge in [0.05, 0.1) is 23.9 Å². The van der Waals surface area contributed by atoms with Crippen LogP contribution in [0.2, 0.25) is 0 Å². The molecule has 2 rings (SSSR count). The molecule has 1 aromatic heterocycles. The highest BCUT2D eigenvalue weighted by molar-refractivity contribution is 7.12. The van der Waals surface area contributed by atoms with Crippen LogP contribution in [-0.4, -0.2) is 41.2 Å². The summed E-state index contributed by atoms with van der Waals surface area (Å²) < 4.78 is 10.5. The molecule has 0 spiro atoms. The monoisotopic (exact) mass is 404 g/mol. The summed E-state index contributed by atoms with van der Waals surface area (Å²) in [5.41, 5.74) is 1.73. The van der Waals surface area contributed by atoms with Crippen LogP contribution in [0.5, 0.6) is 0 Å². The smallest absolute Gasteiger partial charge is 0.410 e. The third-order valence-electron chi connectivity index (χ3n) is 4.10. The van der Waals surface area contributed by atoms with Crippen molar-refractivity contribution in [2.45, 2.75) is 53.2 Å². The van der Waals surface area contributed by atoms with Gasteiger partial charge in [-0.2, -0.15) is 0 Å². The second kappa shape index (κ2) is 8.73. The van der Waals surface area contributed by atoms with E-state index in [1.165, 1.54) is 0 Å². The average Bonchev–Trinajstić information content (AvgIpc) is 3.01. The lowest BCUT2D eigenvalue weighted by molar-refractivity contribution is 0.0233. The molecule has 0 fully saturated rings. The summed E-state index contributed by atoms with van der Waals surface area (Å²) in [6, 6.07) is 6.98. The van der Waals surface area contributed by atoms with Gasteiger partial charge in [-0.1, -0.05) is 12.1 Å². The largest absolute Gasteiger partial charge is 0.462 e. The SMILES string of the molecule is CCOC(=O)c1ccc(-c2nc([C@H](C)N(C)C(=O)OC(C)(C)C)sc2C)cc1. The maximum atomic E-state index is 12.3. The van der Waals surface area contributed by atoms with Crippen molar-refractivity contribution in [3.8, 4) is 11.3 Å². The molecule has 1 atom stereocenters. The van der Waals surface area contributed by atoms with Gasteiger partial charge in [-0.3, -0.25) is 0 Å². The zero-order chi connectivity index (χ0) is 21.1. The zero-order valence-corrected chi connectivity index (χ0v) is 18.3. The van der Waals surface area contributed by atoms with Gasteiger partial charge in [0.15, 0.2) is 0 Å². The Kier molecular flexibility index (Phi) is 6.82. The van der Waals surface area contributed by atoms with Crippen molar-refractivity contribution in [3.05, 3.63) is 39.7 Å². The molecule has 0 N–H and O–H groups in total. The highest BCUT2D eigenvalue weighted by atomic mass is 32.1. The number of hydrogen-bond acceptors (Lipinski definition) is 6. The molecule has 152 valence electrons. The normalized spacial score (nSPS) is 12.4. The number of ether oxygens (including phenoxy) is 2. The van der Waals surface area contributed by atoms with Gasteiger partial charge >= 0.3 is 12.1 Å². The molecular weight excluding hydrogens is 376 g/mol. The van der Waals surface area contributed by atoms with Crippen molar-refractivity contribution in [3.63, 3.8) is 0 Å². The van der Waals surface area contributed by atoms with E-state index in [0.717, 1.165) is 21.1 Å². The molecule has 0 radical (unpaired) electrons. The number of hydrogen-bond donors (Lipinski definition) is 0. The summed E-state index contributed by atoms with van der Waals surface area (Å²) in [4.78, 5) is 31.5. The van der Waals surface area contributed by atoms with Crippen molar-refractivity contribution in [1.29, 1.82) is 0 Å². The summed E-state index contributed by atoms with van der Waals surface area (Å²) in [6.07, 6.45) is -0.381. The number of esters is 1. The quantitative estimate of drug-likeness (QED) is 0.639. The fraction of sp³-hybridized carbons (Fsp3) is 0.476. The van der Waals surface area contributed by atoms with E-state index in [0.29, 0.717) is 12.2 Å². The first-order chi connectivity index (χ1) is 13.0. The van der Waals surface area contributed by atoms with Crippen molar-refractivity contribution in [1.82, 2.24) is 9.88 Å². The Morgan fingerprint density at radius 3 is 2.36 bits per heavy atom. The van der Waals surface area contributed by atoms with E-state index >= 15 is 0 Å². The number of rotatable bonds is 5. The molecule has 0 aliphatic carbocycles. The summed E-state index contributed by atoms with van der Waals surface area (Å²) >= 11 is 1.55. The van der Waals surface area contributed by atoms with Crippen LogP contribution >= 0.6 is 11.3 Å². The van der Waals surface area contributed by atoms with Crippen molar-refractivity contribution >= 4 is 23.4 Å². The minimum atomic E-state index is -0.546. The van der Waals surface area contributed by atoms with Gasteiger partial charge in [0.1, 0.15) is 10.6 Å². The van der Waals surface area contributed by atoms with Crippen LogP contribution in [0.1, 0.15) is 60.9 Å². The van der Waals surface area contributed by atoms with Crippen LogP contribution in [-0.2, 0) is 9.47 Å². The molecule has 0 aliphatic heterocycles. The fourth-order valence-electron chi connectivity index (χ4n) is 2.50. The average molecular weight is 405 g/mol. The van der Waals surface area contributed by atoms with Crippen molar-refractivity contribution < 1.29 is 19.1 Å². The number of benzene rings is 1. The Bertz CT molecular complexity index is 837. The molecule has 1 heterocycles. The van der Waals surface area contributed by atoms with Crippen LogP contribution in [0, 0.1) is 6.92 Å². The summed E-state index contributed by atoms with van der Waals surface area (Å²) in [5, 5.41) is 0.829. The Labute approximate surface area is 170 Å². The number of carbonyl (C=O) groups is 2. The first-order valence-electron chi connectivity index (χ1n) is 9.24. The predicted molar refractivity (Wildman–Crippen MR) is 111 cm³/mol. The Balaban J connectivity index is 2.20. The third-order valence-corrected chi connectivity index (χ3v) is 5.24. The van der Waals surface area contributed by atoms with Crippen LogP contribution in [0.15, 0.2) is 24.3 Å². The molecule has 0 saturated heterocycles. The lowest BCUT2D eigenvalue weighted by Gasteiger charge is -2.27. The molecule has 1 amide bonds. The van der Waals surface area contributed by atoms with Crippen molar-refractivity contribution in [2.75, 3.05) is 13.7 Å². The van der Waals surface area contributed by atoms with Gasteiger partial charge in [0.25, 0.3) is 0 Å². The lowest BCUT2D eigenvalue weighted by atomic mass is 10.1. The molecule has 7 heteroatoms. The maximum absolute atomic E-state index is 12.3. The molecular formula is C21H28N2O4S. The van der Waals surface area contributed by atoms with Gasteiger partial charge in [-0.25, -0.2) is 14.6 Å². The number of carbonyl (C=O) groups excluding carboxylic acids is 2. The topological polar surface area (TPSA) is 68.7 Å². The molecule has 1 aromatic carbocycles. The standard InChI is InChI=1S/C21H28N2O4S/c1-8-26-19(24)16-11-9-15(10-12-16)17-14(3)28-18(22-17)13(2)23(7)20(25)27-21(4,5)6/h9-13H,8H2,1-7H3/t13-/m0/s1. The molecule has 0 unspecified atom stereocenters. The number of amides is 1. The number of nitrogens with zero attached hydrogens (tertiary/aromatic N) is 2. The van der Waals surface area contributed by atoms with E-state index < -0.39 is 5.60 Å². The van der Waals surface area contributed by atoms with E-state index in [4.69, 9.17) is 14.5 Å². The van der Waals surface area contributed by atoms with E-state index in [9.17, 15) is 9.59 Å². The number of aromatic nitrogens is 1. The molecule has 28 heavy (non-hydrogen) atoms. The van der Waals surface area contributed by atoms with Crippen LogP contribution in [0.3, 0.4) is 0 Å². The highest BCUT2D eigenvalue weighted by Crippen LogP contribution is 2.33. The van der Waals surface area contributed by atoms with E-state index in [-0.39, 0.29) is 18.1 Å². The summed E-state index contributed by atoms with van der Waals surface area (Å²) in [6.45, 7) is 11.6. The van der Waals surface area contributed by atoms with E-state index in [1.807, 2.05) is 46.8 Å². The molecule has 0 aliphatic rings. The molecule has 6 nitrogen and oxygen atoms in total. The van der Waals surface area contributed by atoms with Gasteiger partial charge in [-0.15, -0.1) is 11.3 Å². The van der Waals surface area contributed by atoms with Gasteiger partial charge in [0, 0.05) is 17.5 Å².